The average molecular weight is 269 g/mol. The quantitative estimate of drug-likeness (QED) is 0.661. The molecule has 0 amide bonds. The topological polar surface area (TPSA) is 38.3 Å². The van der Waals surface area contributed by atoms with Crippen molar-refractivity contribution in [3.63, 3.8) is 0 Å². The van der Waals surface area contributed by atoms with Gasteiger partial charge in [-0.1, -0.05) is 44.2 Å². The molecule has 3 nitrogen and oxygen atoms in total. The van der Waals surface area contributed by atoms with Crippen LogP contribution in [0.1, 0.15) is 19.4 Å². The van der Waals surface area contributed by atoms with Crippen molar-refractivity contribution in [1.82, 2.24) is 0 Å². The lowest BCUT2D eigenvalue weighted by Gasteiger charge is -2.09. The summed E-state index contributed by atoms with van der Waals surface area (Å²) in [6, 6.07) is 17.6. The third kappa shape index (κ3) is 4.12. The van der Waals surface area contributed by atoms with Crippen LogP contribution in [0.25, 0.3) is 0 Å². The first-order valence-corrected chi connectivity index (χ1v) is 6.74. The van der Waals surface area contributed by atoms with Gasteiger partial charge in [-0.15, -0.1) is 0 Å². The number of rotatable bonds is 5. The Hall–Kier alpha value is -2.29. The highest BCUT2D eigenvalue weighted by atomic mass is 16.5. The molecule has 0 heterocycles. The van der Waals surface area contributed by atoms with Gasteiger partial charge >= 0.3 is 5.97 Å². The van der Waals surface area contributed by atoms with Crippen LogP contribution in [-0.2, 0) is 11.3 Å². The van der Waals surface area contributed by atoms with Gasteiger partial charge < -0.3 is 10.1 Å². The molecule has 0 fully saturated rings. The van der Waals surface area contributed by atoms with Crippen molar-refractivity contribution in [1.29, 1.82) is 0 Å². The highest BCUT2D eigenvalue weighted by Gasteiger charge is 2.09. The van der Waals surface area contributed by atoms with E-state index in [1.807, 2.05) is 44.2 Å². The molecule has 20 heavy (non-hydrogen) atoms. The van der Waals surface area contributed by atoms with E-state index in [1.165, 1.54) is 5.56 Å². The van der Waals surface area contributed by atoms with Crippen molar-refractivity contribution in [3.05, 3.63) is 60.2 Å². The van der Waals surface area contributed by atoms with Crippen LogP contribution in [0.2, 0.25) is 0 Å². The minimum Gasteiger partial charge on any atom is -0.426 e. The first kappa shape index (κ1) is 14.1. The standard InChI is InChI=1S/C17H19NO2/c1-13(2)17(19)20-16-10-8-15(9-11-16)18-12-14-6-4-3-5-7-14/h3-11,13,18H,12H2,1-2H3. The van der Waals surface area contributed by atoms with Crippen LogP contribution >= 0.6 is 0 Å². The molecule has 0 spiro atoms. The van der Waals surface area contributed by atoms with Crippen LogP contribution in [0.15, 0.2) is 54.6 Å². The number of carbonyl (C=O) groups is 1. The van der Waals surface area contributed by atoms with Gasteiger partial charge in [-0.05, 0) is 29.8 Å². The number of ether oxygens (including phenoxy) is 1. The zero-order chi connectivity index (χ0) is 14.4. The first-order valence-electron chi connectivity index (χ1n) is 6.74. The van der Waals surface area contributed by atoms with E-state index in [-0.39, 0.29) is 11.9 Å². The van der Waals surface area contributed by atoms with E-state index in [0.29, 0.717) is 5.75 Å². The summed E-state index contributed by atoms with van der Waals surface area (Å²) in [6.07, 6.45) is 0. The second kappa shape index (κ2) is 6.75. The Kier molecular flexibility index (Phi) is 4.77. The number of hydrogen-bond donors (Lipinski definition) is 1. The maximum absolute atomic E-state index is 11.5. The van der Waals surface area contributed by atoms with Crippen LogP contribution in [0.4, 0.5) is 5.69 Å². The van der Waals surface area contributed by atoms with E-state index in [9.17, 15) is 4.79 Å². The Morgan fingerprint density at radius 2 is 1.70 bits per heavy atom. The fourth-order valence-corrected chi connectivity index (χ4v) is 1.67. The number of carbonyl (C=O) groups excluding carboxylic acids is 1. The molecule has 0 atom stereocenters. The maximum Gasteiger partial charge on any atom is 0.313 e. The lowest BCUT2D eigenvalue weighted by molar-refractivity contribution is -0.137. The predicted octanol–water partition coefficient (Wildman–Crippen LogP) is 3.86. The molecule has 0 aromatic heterocycles. The Labute approximate surface area is 119 Å². The first-order chi connectivity index (χ1) is 9.65. The number of anilines is 1. The van der Waals surface area contributed by atoms with Crippen molar-refractivity contribution in [2.45, 2.75) is 20.4 Å². The average Bonchev–Trinajstić information content (AvgIpc) is 2.47. The third-order valence-electron chi connectivity index (χ3n) is 2.88. The molecular weight excluding hydrogens is 250 g/mol. The molecule has 1 N–H and O–H groups in total. The van der Waals surface area contributed by atoms with Crippen LogP contribution in [0.3, 0.4) is 0 Å². The summed E-state index contributed by atoms with van der Waals surface area (Å²) in [4.78, 5) is 11.5. The Morgan fingerprint density at radius 3 is 2.30 bits per heavy atom. The smallest absolute Gasteiger partial charge is 0.313 e. The van der Waals surface area contributed by atoms with E-state index in [4.69, 9.17) is 4.74 Å². The number of hydrogen-bond acceptors (Lipinski definition) is 3. The molecule has 0 radical (unpaired) electrons. The third-order valence-corrected chi connectivity index (χ3v) is 2.88. The zero-order valence-corrected chi connectivity index (χ0v) is 11.8. The SMILES string of the molecule is CC(C)C(=O)Oc1ccc(NCc2ccccc2)cc1. The second-order valence-corrected chi connectivity index (χ2v) is 4.94. The summed E-state index contributed by atoms with van der Waals surface area (Å²) in [5.74, 6) is 0.245. The molecule has 104 valence electrons. The van der Waals surface area contributed by atoms with Crippen LogP contribution in [0, 0.1) is 5.92 Å². The Balaban J connectivity index is 1.90. The molecule has 0 bridgehead atoms. The fourth-order valence-electron chi connectivity index (χ4n) is 1.67. The largest absolute Gasteiger partial charge is 0.426 e. The Bertz CT molecular complexity index is 547. The monoisotopic (exact) mass is 269 g/mol. The summed E-state index contributed by atoms with van der Waals surface area (Å²) < 4.78 is 5.23. The molecule has 2 aromatic carbocycles. The van der Waals surface area contributed by atoms with Gasteiger partial charge in [0.2, 0.25) is 0 Å². The minimum absolute atomic E-state index is 0.120. The predicted molar refractivity (Wildman–Crippen MR) is 80.7 cm³/mol. The number of nitrogens with one attached hydrogen (secondary N) is 1. The number of esters is 1. The van der Waals surface area contributed by atoms with Crippen molar-refractivity contribution >= 4 is 11.7 Å². The van der Waals surface area contributed by atoms with E-state index in [1.54, 1.807) is 12.1 Å². The lowest BCUT2D eigenvalue weighted by atomic mass is 10.2. The van der Waals surface area contributed by atoms with Gasteiger partial charge in [0, 0.05) is 12.2 Å². The van der Waals surface area contributed by atoms with Gasteiger partial charge in [0.25, 0.3) is 0 Å². The van der Waals surface area contributed by atoms with Gasteiger partial charge in [0.1, 0.15) is 5.75 Å². The molecule has 0 aliphatic rings. The van der Waals surface area contributed by atoms with Gasteiger partial charge in [0.15, 0.2) is 0 Å². The maximum atomic E-state index is 11.5. The minimum atomic E-state index is -0.213. The summed E-state index contributed by atoms with van der Waals surface area (Å²) >= 11 is 0. The molecule has 2 rings (SSSR count). The van der Waals surface area contributed by atoms with E-state index in [2.05, 4.69) is 17.4 Å². The molecule has 0 unspecified atom stereocenters. The van der Waals surface area contributed by atoms with Crippen molar-refractivity contribution in [3.8, 4) is 5.75 Å². The van der Waals surface area contributed by atoms with E-state index >= 15 is 0 Å². The second-order valence-electron chi connectivity index (χ2n) is 4.94. The van der Waals surface area contributed by atoms with Crippen molar-refractivity contribution in [2.75, 3.05) is 5.32 Å². The van der Waals surface area contributed by atoms with Crippen LogP contribution < -0.4 is 10.1 Å². The highest BCUT2D eigenvalue weighted by Crippen LogP contribution is 2.17. The van der Waals surface area contributed by atoms with E-state index in [0.717, 1.165) is 12.2 Å². The summed E-state index contributed by atoms with van der Waals surface area (Å²) in [5, 5.41) is 3.32. The van der Waals surface area contributed by atoms with Gasteiger partial charge in [0.05, 0.1) is 5.92 Å². The van der Waals surface area contributed by atoms with Gasteiger partial charge in [-0.3, -0.25) is 4.79 Å². The zero-order valence-electron chi connectivity index (χ0n) is 11.8. The van der Waals surface area contributed by atoms with Crippen molar-refractivity contribution in [2.24, 2.45) is 5.92 Å². The molecule has 0 aliphatic carbocycles. The van der Waals surface area contributed by atoms with E-state index < -0.39 is 0 Å². The lowest BCUT2D eigenvalue weighted by Crippen LogP contribution is -2.14. The summed E-state index contributed by atoms with van der Waals surface area (Å²) in [6.45, 7) is 4.40. The van der Waals surface area contributed by atoms with Crippen LogP contribution in [-0.4, -0.2) is 5.97 Å². The summed E-state index contributed by atoms with van der Waals surface area (Å²) in [7, 11) is 0. The molecule has 0 aliphatic heterocycles. The van der Waals surface area contributed by atoms with Crippen LogP contribution in [0.5, 0.6) is 5.75 Å². The molecule has 2 aromatic rings. The fraction of sp³-hybridized carbons (Fsp3) is 0.235. The molecule has 0 saturated carbocycles. The highest BCUT2D eigenvalue weighted by molar-refractivity contribution is 5.74. The molecular formula is C17H19NO2. The molecule has 0 saturated heterocycles. The van der Waals surface area contributed by atoms with Crippen molar-refractivity contribution < 1.29 is 9.53 Å². The number of benzene rings is 2. The Morgan fingerprint density at radius 1 is 1.05 bits per heavy atom. The van der Waals surface area contributed by atoms with Gasteiger partial charge in [-0.25, -0.2) is 0 Å². The summed E-state index contributed by atoms with van der Waals surface area (Å²) in [5.41, 5.74) is 2.22. The van der Waals surface area contributed by atoms with Gasteiger partial charge in [-0.2, -0.15) is 0 Å². The molecule has 3 heteroatoms. The normalized spacial score (nSPS) is 10.3.